The van der Waals surface area contributed by atoms with E-state index in [1.165, 1.54) is 6.07 Å². The van der Waals surface area contributed by atoms with Crippen molar-refractivity contribution in [1.29, 1.82) is 0 Å². The molecule has 0 unspecified atom stereocenters. The SMILES string of the molecule is Cc1cc(NC(=O)c2cc(Cl)ccc2Cl)ccc1N. The Bertz CT molecular complexity index is 641. The zero-order valence-corrected chi connectivity index (χ0v) is 11.7. The van der Waals surface area contributed by atoms with E-state index in [1.54, 1.807) is 30.3 Å². The fourth-order valence-electron chi connectivity index (χ4n) is 1.62. The molecule has 0 spiro atoms. The molecule has 0 saturated carbocycles. The second-order valence-corrected chi connectivity index (χ2v) is 4.99. The van der Waals surface area contributed by atoms with Crippen molar-refractivity contribution in [1.82, 2.24) is 0 Å². The summed E-state index contributed by atoms with van der Waals surface area (Å²) in [5.74, 6) is -0.309. The molecule has 19 heavy (non-hydrogen) atoms. The van der Waals surface area contributed by atoms with Crippen LogP contribution >= 0.6 is 23.2 Å². The number of nitrogens with one attached hydrogen (secondary N) is 1. The number of nitrogen functional groups attached to an aromatic ring is 1. The molecule has 2 rings (SSSR count). The minimum atomic E-state index is -0.309. The lowest BCUT2D eigenvalue weighted by Gasteiger charge is -2.09. The lowest BCUT2D eigenvalue weighted by molar-refractivity contribution is 0.102. The third kappa shape index (κ3) is 3.19. The molecule has 98 valence electrons. The van der Waals surface area contributed by atoms with Gasteiger partial charge in [-0.15, -0.1) is 0 Å². The van der Waals surface area contributed by atoms with E-state index in [2.05, 4.69) is 5.32 Å². The fourth-order valence-corrected chi connectivity index (χ4v) is 2.00. The Kier molecular flexibility index (Phi) is 3.98. The Morgan fingerprint density at radius 2 is 1.89 bits per heavy atom. The maximum Gasteiger partial charge on any atom is 0.257 e. The highest BCUT2D eigenvalue weighted by Gasteiger charge is 2.11. The molecular formula is C14H12Cl2N2O. The molecule has 0 bridgehead atoms. The van der Waals surface area contributed by atoms with E-state index in [4.69, 9.17) is 28.9 Å². The molecule has 3 N–H and O–H groups in total. The number of benzene rings is 2. The molecule has 0 radical (unpaired) electrons. The van der Waals surface area contributed by atoms with Gasteiger partial charge in [-0.3, -0.25) is 4.79 Å². The van der Waals surface area contributed by atoms with Crippen LogP contribution in [0.5, 0.6) is 0 Å². The van der Waals surface area contributed by atoms with E-state index in [-0.39, 0.29) is 5.91 Å². The summed E-state index contributed by atoms with van der Waals surface area (Å²) in [6.07, 6.45) is 0. The average Bonchev–Trinajstić information content (AvgIpc) is 2.36. The summed E-state index contributed by atoms with van der Waals surface area (Å²) < 4.78 is 0. The van der Waals surface area contributed by atoms with Gasteiger partial charge in [0.25, 0.3) is 5.91 Å². The highest BCUT2D eigenvalue weighted by Crippen LogP contribution is 2.23. The van der Waals surface area contributed by atoms with Gasteiger partial charge in [-0.05, 0) is 48.9 Å². The van der Waals surface area contributed by atoms with Crippen LogP contribution in [0.2, 0.25) is 10.0 Å². The molecule has 3 nitrogen and oxygen atoms in total. The van der Waals surface area contributed by atoms with Crippen molar-refractivity contribution in [2.75, 3.05) is 11.1 Å². The molecule has 2 aromatic rings. The van der Waals surface area contributed by atoms with Crippen LogP contribution in [0.3, 0.4) is 0 Å². The van der Waals surface area contributed by atoms with Gasteiger partial charge in [0.05, 0.1) is 10.6 Å². The maximum absolute atomic E-state index is 12.1. The van der Waals surface area contributed by atoms with Crippen LogP contribution in [-0.4, -0.2) is 5.91 Å². The Morgan fingerprint density at radius 3 is 2.58 bits per heavy atom. The number of carbonyl (C=O) groups is 1. The van der Waals surface area contributed by atoms with Gasteiger partial charge in [0.1, 0.15) is 0 Å². The largest absolute Gasteiger partial charge is 0.399 e. The molecule has 0 aromatic heterocycles. The highest BCUT2D eigenvalue weighted by atomic mass is 35.5. The molecule has 1 amide bonds. The van der Waals surface area contributed by atoms with Crippen LogP contribution in [0.15, 0.2) is 36.4 Å². The monoisotopic (exact) mass is 294 g/mol. The number of hydrogen-bond donors (Lipinski definition) is 2. The van der Waals surface area contributed by atoms with E-state index < -0.39 is 0 Å². The van der Waals surface area contributed by atoms with Gasteiger partial charge < -0.3 is 11.1 Å². The van der Waals surface area contributed by atoms with Gasteiger partial charge in [0.15, 0.2) is 0 Å². The lowest BCUT2D eigenvalue weighted by Crippen LogP contribution is -2.12. The lowest BCUT2D eigenvalue weighted by atomic mass is 10.1. The number of hydrogen-bond acceptors (Lipinski definition) is 2. The van der Waals surface area contributed by atoms with Gasteiger partial charge in [-0.1, -0.05) is 23.2 Å². The van der Waals surface area contributed by atoms with Crippen LogP contribution in [0, 0.1) is 6.92 Å². The first-order valence-corrected chi connectivity index (χ1v) is 6.35. The van der Waals surface area contributed by atoms with Crippen LogP contribution in [0.4, 0.5) is 11.4 Å². The highest BCUT2D eigenvalue weighted by molar-refractivity contribution is 6.36. The summed E-state index contributed by atoms with van der Waals surface area (Å²) in [7, 11) is 0. The first kappa shape index (κ1) is 13.7. The third-order valence-electron chi connectivity index (χ3n) is 2.70. The Balaban J connectivity index is 2.25. The quantitative estimate of drug-likeness (QED) is 0.818. The van der Waals surface area contributed by atoms with Crippen molar-refractivity contribution >= 4 is 40.5 Å². The molecule has 0 aliphatic carbocycles. The summed E-state index contributed by atoms with van der Waals surface area (Å²) in [6, 6.07) is 10.0. The van der Waals surface area contributed by atoms with Gasteiger partial charge in [-0.2, -0.15) is 0 Å². The van der Waals surface area contributed by atoms with Gasteiger partial charge in [-0.25, -0.2) is 0 Å². The van der Waals surface area contributed by atoms with Crippen molar-refractivity contribution in [2.24, 2.45) is 0 Å². The minimum absolute atomic E-state index is 0.309. The molecule has 0 heterocycles. The van der Waals surface area contributed by atoms with Crippen LogP contribution in [-0.2, 0) is 0 Å². The Hall–Kier alpha value is -1.71. The number of halogens is 2. The molecule has 0 saturated heterocycles. The summed E-state index contributed by atoms with van der Waals surface area (Å²) in [5.41, 5.74) is 8.30. The standard InChI is InChI=1S/C14H12Cl2N2O/c1-8-6-10(3-5-13(8)17)18-14(19)11-7-9(15)2-4-12(11)16/h2-7H,17H2,1H3,(H,18,19). The van der Waals surface area contributed by atoms with Gasteiger partial charge in [0.2, 0.25) is 0 Å². The molecular weight excluding hydrogens is 283 g/mol. The fraction of sp³-hybridized carbons (Fsp3) is 0.0714. The average molecular weight is 295 g/mol. The maximum atomic E-state index is 12.1. The number of nitrogens with two attached hydrogens (primary N) is 1. The third-order valence-corrected chi connectivity index (χ3v) is 3.27. The molecule has 0 fully saturated rings. The normalized spacial score (nSPS) is 10.3. The van der Waals surface area contributed by atoms with Crippen molar-refractivity contribution in [3.05, 3.63) is 57.6 Å². The molecule has 0 atom stereocenters. The summed E-state index contributed by atoms with van der Waals surface area (Å²) in [5, 5.41) is 3.57. The van der Waals surface area contributed by atoms with E-state index in [1.807, 2.05) is 6.92 Å². The van der Waals surface area contributed by atoms with Crippen molar-refractivity contribution in [3.63, 3.8) is 0 Å². The second kappa shape index (κ2) is 5.51. The summed E-state index contributed by atoms with van der Waals surface area (Å²) >= 11 is 11.8. The predicted octanol–water partition coefficient (Wildman–Crippen LogP) is 4.14. The van der Waals surface area contributed by atoms with Gasteiger partial charge >= 0.3 is 0 Å². The molecule has 2 aromatic carbocycles. The van der Waals surface area contributed by atoms with Crippen LogP contribution < -0.4 is 11.1 Å². The Labute approximate surface area is 121 Å². The number of aryl methyl sites for hydroxylation is 1. The minimum Gasteiger partial charge on any atom is -0.399 e. The van der Waals surface area contributed by atoms with E-state index >= 15 is 0 Å². The number of amides is 1. The predicted molar refractivity (Wildman–Crippen MR) is 80.0 cm³/mol. The van der Waals surface area contributed by atoms with E-state index in [9.17, 15) is 4.79 Å². The van der Waals surface area contributed by atoms with Crippen molar-refractivity contribution in [2.45, 2.75) is 6.92 Å². The first-order chi connectivity index (χ1) is 8.97. The number of carbonyl (C=O) groups excluding carboxylic acids is 1. The zero-order chi connectivity index (χ0) is 14.0. The Morgan fingerprint density at radius 1 is 1.16 bits per heavy atom. The number of anilines is 2. The molecule has 0 aliphatic rings. The first-order valence-electron chi connectivity index (χ1n) is 5.60. The smallest absolute Gasteiger partial charge is 0.257 e. The van der Waals surface area contributed by atoms with Crippen LogP contribution in [0.1, 0.15) is 15.9 Å². The van der Waals surface area contributed by atoms with Crippen molar-refractivity contribution in [3.8, 4) is 0 Å². The van der Waals surface area contributed by atoms with Crippen LogP contribution in [0.25, 0.3) is 0 Å². The topological polar surface area (TPSA) is 55.1 Å². The second-order valence-electron chi connectivity index (χ2n) is 4.15. The number of rotatable bonds is 2. The van der Waals surface area contributed by atoms with E-state index in [0.29, 0.717) is 27.0 Å². The molecule has 5 heteroatoms. The van der Waals surface area contributed by atoms with E-state index in [0.717, 1.165) is 5.56 Å². The van der Waals surface area contributed by atoms with Gasteiger partial charge in [0, 0.05) is 16.4 Å². The summed E-state index contributed by atoms with van der Waals surface area (Å²) in [6.45, 7) is 1.87. The molecule has 0 aliphatic heterocycles. The summed E-state index contributed by atoms with van der Waals surface area (Å²) in [4.78, 5) is 12.1. The van der Waals surface area contributed by atoms with Crippen molar-refractivity contribution < 1.29 is 4.79 Å². The zero-order valence-electron chi connectivity index (χ0n) is 10.2.